The molecule has 2 rings (SSSR count). The van der Waals surface area contributed by atoms with Crippen molar-refractivity contribution < 1.29 is 8.42 Å². The molecule has 0 spiro atoms. The van der Waals surface area contributed by atoms with Crippen LogP contribution in [0.4, 0.5) is 0 Å². The Bertz CT molecular complexity index is 705. The summed E-state index contributed by atoms with van der Waals surface area (Å²) in [6.07, 6.45) is 1.60. The number of sulfonamides is 1. The Balaban J connectivity index is 2.57. The van der Waals surface area contributed by atoms with Crippen molar-refractivity contribution in [1.82, 2.24) is 4.83 Å². The van der Waals surface area contributed by atoms with Gasteiger partial charge in [0.15, 0.2) is 0 Å². The third kappa shape index (κ3) is 3.33. The summed E-state index contributed by atoms with van der Waals surface area (Å²) >= 11 is 0. The van der Waals surface area contributed by atoms with E-state index >= 15 is 0 Å². The standard InChI is InChI=1S/C15H16N2O2S/c1-12-7-9-14(10-8-12)15(20(18,19)17-16)11-13-5-3-2-4-6-13/h2-11,17H,16H2,1H3. The van der Waals surface area contributed by atoms with Gasteiger partial charge in [0.1, 0.15) is 0 Å². The lowest BCUT2D eigenvalue weighted by Gasteiger charge is -2.09. The molecule has 0 bridgehead atoms. The van der Waals surface area contributed by atoms with Crippen LogP contribution < -0.4 is 10.7 Å². The summed E-state index contributed by atoms with van der Waals surface area (Å²) in [4.78, 5) is 2.02. The summed E-state index contributed by atoms with van der Waals surface area (Å²) < 4.78 is 24.2. The molecule has 3 N–H and O–H groups in total. The maximum atomic E-state index is 12.1. The van der Waals surface area contributed by atoms with Crippen LogP contribution in [0.25, 0.3) is 11.0 Å². The third-order valence-corrected chi connectivity index (χ3v) is 4.12. The van der Waals surface area contributed by atoms with Gasteiger partial charge in [0.2, 0.25) is 0 Å². The number of benzene rings is 2. The molecule has 2 aromatic rings. The number of hydrazine groups is 1. The first kappa shape index (κ1) is 14.5. The lowest BCUT2D eigenvalue weighted by atomic mass is 10.1. The Labute approximate surface area is 119 Å². The molecular formula is C15H16N2O2S. The highest BCUT2D eigenvalue weighted by atomic mass is 32.2. The number of hydrogen-bond donors (Lipinski definition) is 2. The molecule has 5 heteroatoms. The van der Waals surface area contributed by atoms with E-state index in [0.29, 0.717) is 5.56 Å². The summed E-state index contributed by atoms with van der Waals surface area (Å²) in [5.41, 5.74) is 2.45. The van der Waals surface area contributed by atoms with Crippen molar-refractivity contribution in [3.8, 4) is 0 Å². The number of aryl methyl sites for hydroxylation is 1. The van der Waals surface area contributed by atoms with E-state index in [1.807, 2.05) is 54.2 Å². The van der Waals surface area contributed by atoms with Gasteiger partial charge in [0.25, 0.3) is 10.0 Å². The highest BCUT2D eigenvalue weighted by Crippen LogP contribution is 2.23. The second kappa shape index (κ2) is 6.00. The summed E-state index contributed by atoms with van der Waals surface area (Å²) in [6, 6.07) is 16.5. The van der Waals surface area contributed by atoms with E-state index in [2.05, 4.69) is 0 Å². The molecule has 0 saturated carbocycles. The van der Waals surface area contributed by atoms with Gasteiger partial charge in [-0.1, -0.05) is 60.2 Å². The first-order chi connectivity index (χ1) is 9.53. The predicted octanol–water partition coefficient (Wildman–Crippen LogP) is 2.29. The molecule has 2 aromatic carbocycles. The van der Waals surface area contributed by atoms with Crippen molar-refractivity contribution in [2.75, 3.05) is 0 Å². The molecule has 104 valence electrons. The van der Waals surface area contributed by atoms with Crippen LogP contribution in [0.5, 0.6) is 0 Å². The van der Waals surface area contributed by atoms with Crippen LogP contribution in [-0.4, -0.2) is 8.42 Å². The van der Waals surface area contributed by atoms with Crippen molar-refractivity contribution in [1.29, 1.82) is 0 Å². The van der Waals surface area contributed by atoms with Gasteiger partial charge < -0.3 is 0 Å². The molecule has 0 aromatic heterocycles. The zero-order valence-electron chi connectivity index (χ0n) is 11.1. The molecule has 0 fully saturated rings. The Morgan fingerprint density at radius 2 is 1.65 bits per heavy atom. The van der Waals surface area contributed by atoms with Crippen molar-refractivity contribution >= 4 is 21.0 Å². The minimum absolute atomic E-state index is 0.145. The summed E-state index contributed by atoms with van der Waals surface area (Å²) in [6.45, 7) is 1.94. The fourth-order valence-corrected chi connectivity index (χ4v) is 2.66. The first-order valence-electron chi connectivity index (χ1n) is 6.09. The van der Waals surface area contributed by atoms with Crippen LogP contribution in [0.3, 0.4) is 0 Å². The first-order valence-corrected chi connectivity index (χ1v) is 7.57. The molecule has 0 saturated heterocycles. The van der Waals surface area contributed by atoms with Crippen molar-refractivity contribution in [2.45, 2.75) is 6.92 Å². The normalized spacial score (nSPS) is 12.4. The highest BCUT2D eigenvalue weighted by molar-refractivity contribution is 7.99. The van der Waals surface area contributed by atoms with Crippen LogP contribution in [0.1, 0.15) is 16.7 Å². The van der Waals surface area contributed by atoms with Gasteiger partial charge >= 0.3 is 0 Å². The predicted molar refractivity (Wildman–Crippen MR) is 81.7 cm³/mol. The second-order valence-electron chi connectivity index (χ2n) is 4.41. The van der Waals surface area contributed by atoms with E-state index in [1.54, 1.807) is 18.2 Å². The molecule has 20 heavy (non-hydrogen) atoms. The van der Waals surface area contributed by atoms with E-state index in [9.17, 15) is 8.42 Å². The molecule has 0 aliphatic heterocycles. The van der Waals surface area contributed by atoms with Gasteiger partial charge in [0.05, 0.1) is 4.91 Å². The maximum Gasteiger partial charge on any atom is 0.253 e. The highest BCUT2D eigenvalue weighted by Gasteiger charge is 2.17. The lowest BCUT2D eigenvalue weighted by molar-refractivity contribution is 0.595. The molecular weight excluding hydrogens is 272 g/mol. The van der Waals surface area contributed by atoms with Crippen LogP contribution in [0.2, 0.25) is 0 Å². The van der Waals surface area contributed by atoms with Crippen molar-refractivity contribution in [3.63, 3.8) is 0 Å². The maximum absolute atomic E-state index is 12.1. The summed E-state index contributed by atoms with van der Waals surface area (Å²) in [7, 11) is -3.74. The largest absolute Gasteiger partial charge is 0.257 e. The Hall–Kier alpha value is -1.95. The van der Waals surface area contributed by atoms with Crippen LogP contribution in [0.15, 0.2) is 54.6 Å². The van der Waals surface area contributed by atoms with Gasteiger partial charge in [0, 0.05) is 0 Å². The van der Waals surface area contributed by atoms with Gasteiger partial charge in [-0.3, -0.25) is 5.84 Å². The smallest absolute Gasteiger partial charge is 0.253 e. The third-order valence-electron chi connectivity index (χ3n) is 2.88. The average Bonchev–Trinajstić information content (AvgIpc) is 2.47. The van der Waals surface area contributed by atoms with Gasteiger partial charge in [-0.05, 0) is 24.1 Å². The van der Waals surface area contributed by atoms with Gasteiger partial charge in [-0.15, -0.1) is 0 Å². The molecule has 0 radical (unpaired) electrons. The minimum Gasteiger partial charge on any atom is -0.257 e. The Kier molecular flexibility index (Phi) is 4.34. The number of hydrogen-bond acceptors (Lipinski definition) is 3. The van der Waals surface area contributed by atoms with E-state index in [4.69, 9.17) is 5.84 Å². The quantitative estimate of drug-likeness (QED) is 0.515. The Morgan fingerprint density at radius 3 is 2.20 bits per heavy atom. The monoisotopic (exact) mass is 288 g/mol. The van der Waals surface area contributed by atoms with Gasteiger partial charge in [-0.25, -0.2) is 8.42 Å². The second-order valence-corrected chi connectivity index (χ2v) is 6.09. The fraction of sp³-hybridized carbons (Fsp3) is 0.0667. The minimum atomic E-state index is -3.74. The molecule has 4 nitrogen and oxygen atoms in total. The number of nitrogens with one attached hydrogen (secondary N) is 1. The average molecular weight is 288 g/mol. The molecule has 0 unspecified atom stereocenters. The van der Waals surface area contributed by atoms with E-state index < -0.39 is 10.0 Å². The number of rotatable bonds is 4. The summed E-state index contributed by atoms with van der Waals surface area (Å²) in [5.74, 6) is 5.15. The van der Waals surface area contributed by atoms with E-state index in [0.717, 1.165) is 11.1 Å². The Morgan fingerprint density at radius 1 is 1.05 bits per heavy atom. The zero-order valence-corrected chi connectivity index (χ0v) is 11.9. The fourth-order valence-electron chi connectivity index (χ4n) is 1.80. The van der Waals surface area contributed by atoms with Crippen LogP contribution in [-0.2, 0) is 10.0 Å². The van der Waals surface area contributed by atoms with Crippen LogP contribution >= 0.6 is 0 Å². The topological polar surface area (TPSA) is 72.2 Å². The summed E-state index contributed by atoms with van der Waals surface area (Å²) in [5, 5.41) is 0. The molecule has 0 aliphatic carbocycles. The lowest BCUT2D eigenvalue weighted by Crippen LogP contribution is -2.30. The molecule has 0 atom stereocenters. The molecule has 0 amide bonds. The zero-order chi connectivity index (χ0) is 14.6. The van der Waals surface area contributed by atoms with E-state index in [-0.39, 0.29) is 4.91 Å². The van der Waals surface area contributed by atoms with Crippen molar-refractivity contribution in [3.05, 3.63) is 71.3 Å². The molecule has 0 aliphatic rings. The van der Waals surface area contributed by atoms with Crippen molar-refractivity contribution in [2.24, 2.45) is 5.84 Å². The number of nitrogens with two attached hydrogens (primary N) is 1. The van der Waals surface area contributed by atoms with Crippen LogP contribution in [0, 0.1) is 6.92 Å². The van der Waals surface area contributed by atoms with E-state index in [1.165, 1.54) is 0 Å². The SMILES string of the molecule is Cc1ccc(C(=Cc2ccccc2)S(=O)(=O)NN)cc1. The van der Waals surface area contributed by atoms with Gasteiger partial charge in [-0.2, -0.15) is 4.83 Å². The molecule has 0 heterocycles.